The molecule has 0 saturated carbocycles. The van der Waals surface area contributed by atoms with E-state index >= 15 is 0 Å². The molecule has 0 aliphatic carbocycles. The maximum atomic E-state index is 12.0. The van der Waals surface area contributed by atoms with Crippen molar-refractivity contribution in [3.8, 4) is 12.1 Å². The van der Waals surface area contributed by atoms with Gasteiger partial charge >= 0.3 is 5.97 Å². The first-order valence-corrected chi connectivity index (χ1v) is 6.43. The van der Waals surface area contributed by atoms with Gasteiger partial charge in [-0.3, -0.25) is 14.2 Å². The number of aliphatic carboxylic acids is 1. The molecule has 0 aliphatic heterocycles. The van der Waals surface area contributed by atoms with Crippen molar-refractivity contribution in [2.24, 2.45) is 0 Å². The van der Waals surface area contributed by atoms with Crippen molar-refractivity contribution in [3.05, 3.63) is 41.6 Å². The third-order valence-corrected chi connectivity index (χ3v) is 3.13. The molecule has 1 heterocycles. The van der Waals surface area contributed by atoms with Crippen molar-refractivity contribution in [2.45, 2.75) is 12.8 Å². The van der Waals surface area contributed by atoms with E-state index in [1.807, 2.05) is 0 Å². The highest BCUT2D eigenvalue weighted by Crippen LogP contribution is 2.23. The van der Waals surface area contributed by atoms with E-state index in [1.54, 1.807) is 42.6 Å². The summed E-state index contributed by atoms with van der Waals surface area (Å²) < 4.78 is 1.38. The molecule has 1 aromatic carbocycles. The number of benzene rings is 1. The summed E-state index contributed by atoms with van der Waals surface area (Å²) in [6.45, 7) is 0. The summed E-state index contributed by atoms with van der Waals surface area (Å²) in [5, 5.41) is 27.0. The largest absolute Gasteiger partial charge is 0.481 e. The highest BCUT2D eigenvalue weighted by atomic mass is 16.4. The molecular formula is C16H11N3O3. The highest BCUT2D eigenvalue weighted by molar-refractivity contribution is 5.97. The smallest absolute Gasteiger partial charge is 0.303 e. The lowest BCUT2D eigenvalue weighted by atomic mass is 10.1. The van der Waals surface area contributed by atoms with Gasteiger partial charge in [0.15, 0.2) is 0 Å². The molecule has 0 amide bonds. The second kappa shape index (κ2) is 6.38. The van der Waals surface area contributed by atoms with Crippen LogP contribution in [0.15, 0.2) is 36.0 Å². The van der Waals surface area contributed by atoms with Crippen LogP contribution in [0, 0.1) is 22.7 Å². The lowest BCUT2D eigenvalue weighted by molar-refractivity contribution is -0.136. The molecule has 0 bridgehead atoms. The van der Waals surface area contributed by atoms with Crippen LogP contribution in [-0.2, 0) is 4.79 Å². The fourth-order valence-corrected chi connectivity index (χ4v) is 2.11. The first kappa shape index (κ1) is 15.0. The maximum Gasteiger partial charge on any atom is 0.303 e. The average Bonchev–Trinajstić information content (AvgIpc) is 2.95. The number of carboxylic acids is 1. The minimum Gasteiger partial charge on any atom is -0.481 e. The SMILES string of the molecule is N#CC(C#N)=Cc1cccc2c1ccn2C(=O)CCC(=O)O. The Hall–Kier alpha value is -3.38. The van der Waals surface area contributed by atoms with Gasteiger partial charge in [0.05, 0.1) is 11.9 Å². The maximum absolute atomic E-state index is 12.0. The Morgan fingerprint density at radius 1 is 1.18 bits per heavy atom. The Kier molecular flexibility index (Phi) is 4.36. The molecule has 0 unspecified atom stereocenters. The normalized spacial score (nSPS) is 9.73. The predicted molar refractivity (Wildman–Crippen MR) is 78.6 cm³/mol. The van der Waals surface area contributed by atoms with E-state index < -0.39 is 5.97 Å². The van der Waals surface area contributed by atoms with Crippen LogP contribution in [0.5, 0.6) is 0 Å². The van der Waals surface area contributed by atoms with E-state index in [-0.39, 0.29) is 24.3 Å². The van der Waals surface area contributed by atoms with Gasteiger partial charge in [0.2, 0.25) is 5.91 Å². The number of aromatic nitrogens is 1. The summed E-state index contributed by atoms with van der Waals surface area (Å²) in [5.41, 5.74) is 1.23. The number of carbonyl (C=O) groups is 2. The zero-order valence-corrected chi connectivity index (χ0v) is 11.5. The molecule has 6 nitrogen and oxygen atoms in total. The van der Waals surface area contributed by atoms with Crippen LogP contribution in [0.3, 0.4) is 0 Å². The number of carbonyl (C=O) groups excluding carboxylic acids is 1. The van der Waals surface area contributed by atoms with Crippen LogP contribution in [-0.4, -0.2) is 21.6 Å². The lowest BCUT2D eigenvalue weighted by Gasteiger charge is -2.04. The van der Waals surface area contributed by atoms with Gasteiger partial charge in [0.25, 0.3) is 0 Å². The number of nitriles is 2. The molecule has 1 aromatic heterocycles. The zero-order chi connectivity index (χ0) is 16.1. The number of fused-ring (bicyclic) bond motifs is 1. The number of nitrogens with zero attached hydrogens (tertiary/aromatic N) is 3. The fourth-order valence-electron chi connectivity index (χ4n) is 2.11. The van der Waals surface area contributed by atoms with Gasteiger partial charge < -0.3 is 5.11 Å². The molecule has 0 radical (unpaired) electrons. The van der Waals surface area contributed by atoms with Crippen molar-refractivity contribution in [2.75, 3.05) is 0 Å². The molecule has 6 heteroatoms. The first-order chi connectivity index (χ1) is 10.6. The van der Waals surface area contributed by atoms with Crippen molar-refractivity contribution >= 4 is 28.9 Å². The van der Waals surface area contributed by atoms with Gasteiger partial charge in [-0.1, -0.05) is 12.1 Å². The molecule has 0 atom stereocenters. The van der Waals surface area contributed by atoms with Crippen LogP contribution in [0.1, 0.15) is 23.2 Å². The second-order valence-corrected chi connectivity index (χ2v) is 4.53. The molecule has 0 fully saturated rings. The summed E-state index contributed by atoms with van der Waals surface area (Å²) in [7, 11) is 0. The van der Waals surface area contributed by atoms with Crippen LogP contribution in [0.2, 0.25) is 0 Å². The number of allylic oxidation sites excluding steroid dienone is 1. The number of carboxylic acid groups (broad SMARTS) is 1. The molecule has 108 valence electrons. The van der Waals surface area contributed by atoms with E-state index in [4.69, 9.17) is 15.6 Å². The van der Waals surface area contributed by atoms with Crippen molar-refractivity contribution in [1.82, 2.24) is 4.57 Å². The van der Waals surface area contributed by atoms with Crippen LogP contribution < -0.4 is 0 Å². The van der Waals surface area contributed by atoms with Crippen LogP contribution in [0.25, 0.3) is 17.0 Å². The quantitative estimate of drug-likeness (QED) is 0.872. The Balaban J connectivity index is 2.45. The molecule has 22 heavy (non-hydrogen) atoms. The first-order valence-electron chi connectivity index (χ1n) is 6.43. The third-order valence-electron chi connectivity index (χ3n) is 3.13. The monoisotopic (exact) mass is 293 g/mol. The van der Waals surface area contributed by atoms with Gasteiger partial charge in [-0.05, 0) is 23.8 Å². The predicted octanol–water partition coefficient (Wildman–Crippen LogP) is 2.58. The summed E-state index contributed by atoms with van der Waals surface area (Å²) in [6.07, 6.45) is 2.69. The molecule has 0 saturated heterocycles. The molecule has 2 rings (SSSR count). The molecule has 1 N–H and O–H groups in total. The average molecular weight is 293 g/mol. The Morgan fingerprint density at radius 3 is 2.55 bits per heavy atom. The van der Waals surface area contributed by atoms with Crippen LogP contribution >= 0.6 is 0 Å². The zero-order valence-electron chi connectivity index (χ0n) is 11.5. The van der Waals surface area contributed by atoms with Gasteiger partial charge in [-0.15, -0.1) is 0 Å². The van der Waals surface area contributed by atoms with Gasteiger partial charge in [0, 0.05) is 18.0 Å². The Morgan fingerprint density at radius 2 is 1.91 bits per heavy atom. The Bertz CT molecular complexity index is 847. The van der Waals surface area contributed by atoms with Gasteiger partial charge in [-0.2, -0.15) is 10.5 Å². The van der Waals surface area contributed by atoms with E-state index in [0.717, 1.165) is 0 Å². The summed E-state index contributed by atoms with van der Waals surface area (Å²) >= 11 is 0. The third kappa shape index (κ3) is 3.02. The van der Waals surface area contributed by atoms with Gasteiger partial charge in [0.1, 0.15) is 17.7 Å². The standard InChI is InChI=1S/C16H11N3O3/c17-9-11(10-18)8-12-2-1-3-14-13(12)6-7-19(14)15(20)4-5-16(21)22/h1-3,6-8H,4-5H2,(H,21,22). The number of hydrogen-bond acceptors (Lipinski definition) is 4. The second-order valence-electron chi connectivity index (χ2n) is 4.53. The number of rotatable bonds is 4. The van der Waals surface area contributed by atoms with E-state index in [2.05, 4.69) is 0 Å². The molecule has 0 aliphatic rings. The number of hydrogen-bond donors (Lipinski definition) is 1. The van der Waals surface area contributed by atoms with E-state index in [1.165, 1.54) is 10.6 Å². The van der Waals surface area contributed by atoms with E-state index in [9.17, 15) is 9.59 Å². The molecule has 2 aromatic rings. The highest BCUT2D eigenvalue weighted by Gasteiger charge is 2.12. The van der Waals surface area contributed by atoms with Crippen molar-refractivity contribution in [3.63, 3.8) is 0 Å². The van der Waals surface area contributed by atoms with Crippen LogP contribution in [0.4, 0.5) is 0 Å². The van der Waals surface area contributed by atoms with Crippen molar-refractivity contribution < 1.29 is 14.7 Å². The molecular weight excluding hydrogens is 282 g/mol. The topological polar surface area (TPSA) is 107 Å². The minimum atomic E-state index is -1.03. The van der Waals surface area contributed by atoms with E-state index in [0.29, 0.717) is 16.5 Å². The lowest BCUT2D eigenvalue weighted by Crippen LogP contribution is -2.11. The fraction of sp³-hybridized carbons (Fsp3) is 0.125. The summed E-state index contributed by atoms with van der Waals surface area (Å²) in [5.74, 6) is -1.35. The summed E-state index contributed by atoms with van der Waals surface area (Å²) in [4.78, 5) is 22.6. The van der Waals surface area contributed by atoms with Gasteiger partial charge in [-0.25, -0.2) is 0 Å². The summed E-state index contributed by atoms with van der Waals surface area (Å²) in [6, 6.07) is 10.5. The Labute approximate surface area is 126 Å². The van der Waals surface area contributed by atoms with Crippen molar-refractivity contribution in [1.29, 1.82) is 10.5 Å². The molecule has 0 spiro atoms. The minimum absolute atomic E-state index is 0.0301.